The number of fused-ring (bicyclic) bond motifs is 1. The molecule has 1 heterocycles. The van der Waals surface area contributed by atoms with Gasteiger partial charge in [-0.15, -0.1) is 0 Å². The lowest BCUT2D eigenvalue weighted by Gasteiger charge is -2.33. The molecule has 1 aromatic carbocycles. The van der Waals surface area contributed by atoms with Crippen LogP contribution < -0.4 is 10.5 Å². The summed E-state index contributed by atoms with van der Waals surface area (Å²) in [5.74, 6) is 1.61. The number of aromatic hydroxyl groups is 1. The topological polar surface area (TPSA) is 55.5 Å². The number of benzene rings is 1. The molecule has 0 bridgehead atoms. The second-order valence-corrected chi connectivity index (χ2v) is 5.06. The van der Waals surface area contributed by atoms with Gasteiger partial charge in [-0.2, -0.15) is 0 Å². The molecule has 0 saturated heterocycles. The number of hydrogen-bond donors (Lipinski definition) is 2. The zero-order chi connectivity index (χ0) is 12.7. The Morgan fingerprint density at radius 3 is 2.47 bits per heavy atom. The Morgan fingerprint density at radius 1 is 1.24 bits per heavy atom. The number of rotatable bonds is 1. The fraction of sp³-hybridized carbons (Fsp3) is 0.571. The minimum Gasteiger partial charge on any atom is -0.507 e. The van der Waals surface area contributed by atoms with Gasteiger partial charge < -0.3 is 15.6 Å². The van der Waals surface area contributed by atoms with Crippen LogP contribution in [0.4, 0.5) is 0 Å². The van der Waals surface area contributed by atoms with Gasteiger partial charge >= 0.3 is 0 Å². The van der Waals surface area contributed by atoms with Gasteiger partial charge in [0.15, 0.2) is 0 Å². The van der Waals surface area contributed by atoms with E-state index in [1.165, 1.54) is 0 Å². The summed E-state index contributed by atoms with van der Waals surface area (Å²) in [5.41, 5.74) is 9.82. The zero-order valence-electron chi connectivity index (χ0n) is 11.0. The van der Waals surface area contributed by atoms with Crippen LogP contribution in [0.5, 0.6) is 11.5 Å². The number of ether oxygens (including phenoxy) is 1. The summed E-state index contributed by atoms with van der Waals surface area (Å²) >= 11 is 0. The van der Waals surface area contributed by atoms with E-state index in [9.17, 15) is 5.11 Å². The van der Waals surface area contributed by atoms with Gasteiger partial charge in [-0.3, -0.25) is 0 Å². The SMILES string of the molecule is Cc1c(C)c2c(c(C)c1O)C(CN)CC(C)O2. The summed E-state index contributed by atoms with van der Waals surface area (Å²) in [6.45, 7) is 8.55. The third kappa shape index (κ3) is 1.78. The molecule has 0 amide bonds. The van der Waals surface area contributed by atoms with Crippen molar-refractivity contribution in [1.82, 2.24) is 0 Å². The van der Waals surface area contributed by atoms with Crippen LogP contribution in [0, 0.1) is 20.8 Å². The Hall–Kier alpha value is -1.22. The molecule has 2 atom stereocenters. The quantitative estimate of drug-likeness (QED) is 0.786. The first-order chi connectivity index (χ1) is 7.97. The van der Waals surface area contributed by atoms with E-state index in [1.54, 1.807) is 0 Å². The van der Waals surface area contributed by atoms with E-state index in [4.69, 9.17) is 10.5 Å². The van der Waals surface area contributed by atoms with Gasteiger partial charge in [0.05, 0.1) is 6.10 Å². The predicted molar refractivity (Wildman–Crippen MR) is 68.8 cm³/mol. The average Bonchev–Trinajstić information content (AvgIpc) is 2.32. The highest BCUT2D eigenvalue weighted by atomic mass is 16.5. The highest BCUT2D eigenvalue weighted by Crippen LogP contribution is 2.45. The van der Waals surface area contributed by atoms with Crippen LogP contribution in [0.15, 0.2) is 0 Å². The molecule has 3 N–H and O–H groups in total. The van der Waals surface area contributed by atoms with E-state index in [0.717, 1.165) is 34.4 Å². The molecule has 0 spiro atoms. The maximum atomic E-state index is 10.1. The first kappa shape index (κ1) is 12.2. The highest BCUT2D eigenvalue weighted by molar-refractivity contribution is 5.59. The molecule has 3 heteroatoms. The second kappa shape index (κ2) is 4.22. The fourth-order valence-corrected chi connectivity index (χ4v) is 2.75. The van der Waals surface area contributed by atoms with E-state index in [2.05, 4.69) is 6.92 Å². The monoisotopic (exact) mass is 235 g/mol. The van der Waals surface area contributed by atoms with Crippen molar-refractivity contribution in [3.05, 3.63) is 22.3 Å². The fourth-order valence-electron chi connectivity index (χ4n) is 2.75. The van der Waals surface area contributed by atoms with Gasteiger partial charge in [0.25, 0.3) is 0 Å². The van der Waals surface area contributed by atoms with Gasteiger partial charge in [0.1, 0.15) is 11.5 Å². The Labute approximate surface area is 103 Å². The Kier molecular flexibility index (Phi) is 3.04. The third-order valence-electron chi connectivity index (χ3n) is 3.89. The van der Waals surface area contributed by atoms with Crippen LogP contribution in [-0.2, 0) is 0 Å². The second-order valence-electron chi connectivity index (χ2n) is 5.06. The van der Waals surface area contributed by atoms with Crippen LogP contribution >= 0.6 is 0 Å². The molecule has 1 aromatic rings. The molecule has 1 aliphatic rings. The van der Waals surface area contributed by atoms with E-state index < -0.39 is 0 Å². The average molecular weight is 235 g/mol. The summed E-state index contributed by atoms with van der Waals surface area (Å²) in [6, 6.07) is 0. The van der Waals surface area contributed by atoms with Crippen LogP contribution in [-0.4, -0.2) is 17.8 Å². The molecule has 0 saturated carbocycles. The van der Waals surface area contributed by atoms with E-state index in [0.29, 0.717) is 18.2 Å². The standard InChI is InChI=1S/C14H21NO2/c1-7-5-11(6-15)12-10(4)13(16)8(2)9(3)14(12)17-7/h7,11,16H,5-6,15H2,1-4H3. The van der Waals surface area contributed by atoms with Crippen molar-refractivity contribution in [2.24, 2.45) is 5.73 Å². The lowest BCUT2D eigenvalue weighted by molar-refractivity contribution is 0.174. The van der Waals surface area contributed by atoms with Gasteiger partial charge in [-0.05, 0) is 57.4 Å². The molecular weight excluding hydrogens is 214 g/mol. The largest absolute Gasteiger partial charge is 0.507 e. The van der Waals surface area contributed by atoms with Crippen molar-refractivity contribution in [1.29, 1.82) is 0 Å². The van der Waals surface area contributed by atoms with Crippen LogP contribution in [0.3, 0.4) is 0 Å². The normalized spacial score (nSPS) is 23.1. The molecule has 0 radical (unpaired) electrons. The highest BCUT2D eigenvalue weighted by Gasteiger charge is 2.30. The van der Waals surface area contributed by atoms with Crippen molar-refractivity contribution in [3.8, 4) is 11.5 Å². The molecule has 2 unspecified atom stereocenters. The van der Waals surface area contributed by atoms with Crippen LogP contribution in [0.25, 0.3) is 0 Å². The van der Waals surface area contributed by atoms with Gasteiger partial charge in [0.2, 0.25) is 0 Å². The summed E-state index contributed by atoms with van der Waals surface area (Å²) in [5, 5.41) is 10.1. The maximum absolute atomic E-state index is 10.1. The summed E-state index contributed by atoms with van der Waals surface area (Å²) in [6.07, 6.45) is 1.12. The molecule has 0 aromatic heterocycles. The van der Waals surface area contributed by atoms with Crippen LogP contribution in [0.1, 0.15) is 41.5 Å². The van der Waals surface area contributed by atoms with Gasteiger partial charge in [-0.1, -0.05) is 0 Å². The number of nitrogens with two attached hydrogens (primary N) is 1. The predicted octanol–water partition coefficient (Wildman–Crippen LogP) is 2.53. The van der Waals surface area contributed by atoms with Gasteiger partial charge in [0, 0.05) is 11.5 Å². The van der Waals surface area contributed by atoms with E-state index >= 15 is 0 Å². The first-order valence-electron chi connectivity index (χ1n) is 6.16. The number of phenols is 1. The summed E-state index contributed by atoms with van der Waals surface area (Å²) in [7, 11) is 0. The first-order valence-corrected chi connectivity index (χ1v) is 6.16. The smallest absolute Gasteiger partial charge is 0.126 e. The number of hydrogen-bond acceptors (Lipinski definition) is 3. The van der Waals surface area contributed by atoms with Crippen molar-refractivity contribution in [3.63, 3.8) is 0 Å². The molecular formula is C14H21NO2. The summed E-state index contributed by atoms with van der Waals surface area (Å²) < 4.78 is 5.94. The minimum absolute atomic E-state index is 0.193. The zero-order valence-corrected chi connectivity index (χ0v) is 11.0. The maximum Gasteiger partial charge on any atom is 0.126 e. The summed E-state index contributed by atoms with van der Waals surface area (Å²) in [4.78, 5) is 0. The lowest BCUT2D eigenvalue weighted by Crippen LogP contribution is -2.28. The minimum atomic E-state index is 0.193. The van der Waals surface area contributed by atoms with Crippen molar-refractivity contribution in [2.75, 3.05) is 6.54 Å². The van der Waals surface area contributed by atoms with Crippen molar-refractivity contribution in [2.45, 2.75) is 46.1 Å². The third-order valence-corrected chi connectivity index (χ3v) is 3.89. The Balaban J connectivity index is 2.69. The van der Waals surface area contributed by atoms with Crippen molar-refractivity contribution >= 4 is 0 Å². The molecule has 17 heavy (non-hydrogen) atoms. The molecule has 0 aliphatic carbocycles. The lowest BCUT2D eigenvalue weighted by atomic mass is 9.84. The Bertz CT molecular complexity index is 454. The Morgan fingerprint density at radius 2 is 1.88 bits per heavy atom. The van der Waals surface area contributed by atoms with Crippen LogP contribution in [0.2, 0.25) is 0 Å². The molecule has 0 fully saturated rings. The molecule has 1 aliphatic heterocycles. The van der Waals surface area contributed by atoms with Crippen molar-refractivity contribution < 1.29 is 9.84 Å². The van der Waals surface area contributed by atoms with E-state index in [1.807, 2.05) is 20.8 Å². The molecule has 3 nitrogen and oxygen atoms in total. The number of phenolic OH excluding ortho intramolecular Hbond substituents is 1. The molecule has 94 valence electrons. The van der Waals surface area contributed by atoms with E-state index in [-0.39, 0.29) is 6.10 Å². The molecule has 2 rings (SSSR count). The van der Waals surface area contributed by atoms with Gasteiger partial charge in [-0.25, -0.2) is 0 Å².